The van der Waals surface area contributed by atoms with Crippen molar-refractivity contribution in [2.45, 2.75) is 0 Å². The smallest absolute Gasteiger partial charge is 0.179 e. The molecule has 3 aromatic heterocycles. The quantitative estimate of drug-likeness (QED) is 0.101. The summed E-state index contributed by atoms with van der Waals surface area (Å²) >= 11 is 0. The molecule has 0 amide bonds. The number of para-hydroxylation sites is 4. The lowest BCUT2D eigenvalue weighted by Gasteiger charge is -2.34. The van der Waals surface area contributed by atoms with E-state index < -0.39 is 8.07 Å². The van der Waals surface area contributed by atoms with Crippen molar-refractivity contribution < 1.29 is 0 Å². The molecular weight excluding hydrogens is 935 g/mol. The first kappa shape index (κ1) is 43.8. The molecule has 0 saturated heterocycles. The highest BCUT2D eigenvalue weighted by Crippen LogP contribution is 2.41. The molecule has 0 N–H and O–H groups in total. The van der Waals surface area contributed by atoms with Crippen molar-refractivity contribution >= 4 is 94.2 Å². The molecule has 0 spiro atoms. The summed E-state index contributed by atoms with van der Waals surface area (Å²) in [7, 11) is -2.77. The average molecular weight is 984 g/mol. The van der Waals surface area contributed by atoms with E-state index >= 15 is 0 Å². The summed E-state index contributed by atoms with van der Waals surface area (Å²) in [5.74, 6) is 0. The van der Waals surface area contributed by atoms with Crippen LogP contribution in [0.5, 0.6) is 0 Å². The molecular formula is C72H49N3Si. The number of benzene rings is 12. The second kappa shape index (κ2) is 17.7. The van der Waals surface area contributed by atoms with Crippen molar-refractivity contribution in [2.24, 2.45) is 0 Å². The molecule has 0 bridgehead atoms. The van der Waals surface area contributed by atoms with Crippen molar-refractivity contribution in [1.82, 2.24) is 13.7 Å². The number of hydrogen-bond donors (Lipinski definition) is 0. The maximum atomic E-state index is 2.52. The molecule has 12 aromatic carbocycles. The summed E-state index contributed by atoms with van der Waals surface area (Å²) in [6.45, 7) is 0. The molecule has 0 aliphatic rings. The van der Waals surface area contributed by atoms with Gasteiger partial charge in [0.2, 0.25) is 0 Å². The van der Waals surface area contributed by atoms with E-state index in [9.17, 15) is 0 Å². The summed E-state index contributed by atoms with van der Waals surface area (Å²) in [4.78, 5) is 0. The van der Waals surface area contributed by atoms with E-state index in [1.807, 2.05) is 0 Å². The Labute approximate surface area is 442 Å². The van der Waals surface area contributed by atoms with Crippen LogP contribution in [0.25, 0.3) is 105 Å². The molecule has 3 heterocycles. The van der Waals surface area contributed by atoms with Crippen molar-refractivity contribution in [2.75, 3.05) is 0 Å². The molecule has 3 nitrogen and oxygen atoms in total. The van der Waals surface area contributed by atoms with Crippen LogP contribution in [0.3, 0.4) is 0 Å². The molecule has 0 saturated carbocycles. The number of hydrogen-bond acceptors (Lipinski definition) is 0. The summed E-state index contributed by atoms with van der Waals surface area (Å²) < 4.78 is 7.36. The minimum atomic E-state index is -2.77. The Morgan fingerprint density at radius 2 is 0.592 bits per heavy atom. The van der Waals surface area contributed by atoms with Crippen LogP contribution < -0.4 is 20.7 Å². The van der Waals surface area contributed by atoms with Gasteiger partial charge in [-0.1, -0.05) is 224 Å². The highest BCUT2D eigenvalue weighted by atomic mass is 28.3. The van der Waals surface area contributed by atoms with Crippen LogP contribution in [0.4, 0.5) is 0 Å². The average Bonchev–Trinajstić information content (AvgIpc) is 4.26. The zero-order valence-electron chi connectivity index (χ0n) is 41.6. The topological polar surface area (TPSA) is 14.8 Å². The van der Waals surface area contributed by atoms with Gasteiger partial charge in [0.1, 0.15) is 0 Å². The molecule has 356 valence electrons. The van der Waals surface area contributed by atoms with Gasteiger partial charge < -0.3 is 13.7 Å². The van der Waals surface area contributed by atoms with E-state index in [-0.39, 0.29) is 0 Å². The van der Waals surface area contributed by atoms with Gasteiger partial charge in [0, 0.05) is 49.3 Å². The van der Waals surface area contributed by atoms with Gasteiger partial charge in [-0.25, -0.2) is 0 Å². The van der Waals surface area contributed by atoms with E-state index in [4.69, 9.17) is 0 Å². The lowest BCUT2D eigenvalue weighted by molar-refractivity contribution is 1.16. The zero-order valence-corrected chi connectivity index (χ0v) is 42.6. The maximum Gasteiger partial charge on any atom is 0.179 e. The summed E-state index contributed by atoms with van der Waals surface area (Å²) in [5, 5.41) is 12.9. The van der Waals surface area contributed by atoms with Crippen LogP contribution in [0, 0.1) is 0 Å². The van der Waals surface area contributed by atoms with E-state index in [0.29, 0.717) is 0 Å². The van der Waals surface area contributed by atoms with Crippen molar-refractivity contribution in [1.29, 1.82) is 0 Å². The Balaban J connectivity index is 0.878. The molecule has 0 aliphatic carbocycles. The Bertz CT molecular complexity index is 4570. The third-order valence-electron chi connectivity index (χ3n) is 16.0. The predicted molar refractivity (Wildman–Crippen MR) is 324 cm³/mol. The molecule has 0 radical (unpaired) electrons. The minimum absolute atomic E-state index is 1.14. The standard InChI is InChI=1S/C72H49N3Si/c1-5-21-50(22-6-1)51-37-40-53(41-38-51)73-67-34-18-15-31-61(67)64-48-54(42-45-71(64)73)74-68-35-19-14-30-60(68)63-47-52(39-44-70(63)74)59-29-13-17-33-66(59)75-69-36-20-16-32-62(69)65-49-58(43-46-72(65)75)76(55-23-7-2-8-24-55,56-25-9-3-10-26-56)57-27-11-4-12-28-57/h1-49H. The van der Waals surface area contributed by atoms with Crippen molar-refractivity contribution in [3.05, 3.63) is 297 Å². The van der Waals surface area contributed by atoms with Crippen LogP contribution in [0.15, 0.2) is 297 Å². The first-order valence-electron chi connectivity index (χ1n) is 26.3. The van der Waals surface area contributed by atoms with Gasteiger partial charge in [-0.15, -0.1) is 0 Å². The monoisotopic (exact) mass is 983 g/mol. The number of aromatic nitrogens is 3. The first-order chi connectivity index (χ1) is 37.7. The number of fused-ring (bicyclic) bond motifs is 9. The summed E-state index contributed by atoms with van der Waals surface area (Å²) in [5.41, 5.74) is 15.3. The SMILES string of the molecule is c1ccc(-c2ccc(-n3c4ccccc4c4cc(-n5c6ccccc6c6cc(-c7ccccc7-n7c8ccccc8c8cc([Si](c9ccccc9)(c9ccccc9)c9ccccc9)ccc87)ccc65)ccc43)cc2)cc1. The van der Waals surface area contributed by atoms with E-state index in [2.05, 4.69) is 311 Å². The molecule has 0 unspecified atom stereocenters. The highest BCUT2D eigenvalue weighted by molar-refractivity contribution is 7.20. The Morgan fingerprint density at radius 3 is 1.18 bits per heavy atom. The molecule has 76 heavy (non-hydrogen) atoms. The fourth-order valence-corrected chi connectivity index (χ4v) is 17.4. The molecule has 0 aliphatic heterocycles. The van der Waals surface area contributed by atoms with Crippen LogP contribution in [-0.2, 0) is 0 Å². The number of nitrogens with zero attached hydrogens (tertiary/aromatic N) is 3. The van der Waals surface area contributed by atoms with Gasteiger partial charge in [0.25, 0.3) is 0 Å². The normalized spacial score (nSPS) is 11.9. The molecule has 15 aromatic rings. The molecule has 15 rings (SSSR count). The summed E-state index contributed by atoms with van der Waals surface area (Å²) in [6, 6.07) is 110. The third-order valence-corrected chi connectivity index (χ3v) is 20.8. The maximum absolute atomic E-state index is 2.77. The fraction of sp³-hybridized carbons (Fsp3) is 0. The van der Waals surface area contributed by atoms with Gasteiger partial charge in [-0.2, -0.15) is 0 Å². The van der Waals surface area contributed by atoms with Crippen LogP contribution in [-0.4, -0.2) is 21.8 Å². The molecule has 0 atom stereocenters. The van der Waals surface area contributed by atoms with Crippen molar-refractivity contribution in [3.8, 4) is 39.3 Å². The number of rotatable bonds is 9. The van der Waals surface area contributed by atoms with Crippen molar-refractivity contribution in [3.63, 3.8) is 0 Å². The van der Waals surface area contributed by atoms with E-state index in [0.717, 1.165) is 17.1 Å². The predicted octanol–water partition coefficient (Wildman–Crippen LogP) is 15.7. The first-order valence-corrected chi connectivity index (χ1v) is 28.3. The van der Waals surface area contributed by atoms with Gasteiger partial charge in [-0.05, 0) is 110 Å². The minimum Gasteiger partial charge on any atom is -0.309 e. The Morgan fingerprint density at radius 1 is 0.211 bits per heavy atom. The highest BCUT2D eigenvalue weighted by Gasteiger charge is 2.41. The van der Waals surface area contributed by atoms with Gasteiger partial charge in [0.05, 0.1) is 38.8 Å². The molecule has 0 fully saturated rings. The van der Waals surface area contributed by atoms with E-state index in [1.165, 1.54) is 108 Å². The second-order valence-electron chi connectivity index (χ2n) is 20.0. The zero-order chi connectivity index (χ0) is 50.2. The largest absolute Gasteiger partial charge is 0.309 e. The Hall–Kier alpha value is -9.74. The Kier molecular flexibility index (Phi) is 10.2. The van der Waals surface area contributed by atoms with Crippen LogP contribution in [0.2, 0.25) is 0 Å². The van der Waals surface area contributed by atoms with Crippen LogP contribution >= 0.6 is 0 Å². The lowest BCUT2D eigenvalue weighted by atomic mass is 10.0. The second-order valence-corrected chi connectivity index (χ2v) is 23.8. The van der Waals surface area contributed by atoms with Crippen LogP contribution in [0.1, 0.15) is 0 Å². The van der Waals surface area contributed by atoms with Gasteiger partial charge >= 0.3 is 0 Å². The summed E-state index contributed by atoms with van der Waals surface area (Å²) in [6.07, 6.45) is 0. The molecule has 4 heteroatoms. The lowest BCUT2D eigenvalue weighted by Crippen LogP contribution is -2.74. The van der Waals surface area contributed by atoms with Gasteiger partial charge in [-0.3, -0.25) is 0 Å². The third kappa shape index (κ3) is 6.74. The fourth-order valence-electron chi connectivity index (χ4n) is 12.7. The van der Waals surface area contributed by atoms with Gasteiger partial charge in [0.15, 0.2) is 8.07 Å². The van der Waals surface area contributed by atoms with E-state index in [1.54, 1.807) is 0 Å².